The zero-order valence-corrected chi connectivity index (χ0v) is 9.82. The van der Waals surface area contributed by atoms with Crippen LogP contribution >= 0.6 is 15.9 Å². The maximum atomic E-state index is 11.2. The topological polar surface area (TPSA) is 26.3 Å². The summed E-state index contributed by atoms with van der Waals surface area (Å²) in [6, 6.07) is 9.76. The van der Waals surface area contributed by atoms with Gasteiger partial charge in [0, 0.05) is 7.11 Å². The predicted octanol–water partition coefficient (Wildman–Crippen LogP) is 2.73. The number of ketones is 1. The van der Waals surface area contributed by atoms with Gasteiger partial charge in [-0.15, -0.1) is 0 Å². The van der Waals surface area contributed by atoms with E-state index in [1.54, 1.807) is 7.11 Å². The minimum Gasteiger partial charge on any atom is -0.372 e. The molecule has 1 aromatic rings. The minimum atomic E-state index is -0.419. The predicted molar refractivity (Wildman–Crippen MR) is 59.6 cm³/mol. The summed E-state index contributed by atoms with van der Waals surface area (Å²) in [5, 5.41) is 0. The number of benzene rings is 1. The lowest BCUT2D eigenvalue weighted by Gasteiger charge is -2.18. The average Bonchev–Trinajstić information content (AvgIpc) is 2.19. The summed E-state index contributed by atoms with van der Waals surface area (Å²) in [7, 11) is 1.54. The van der Waals surface area contributed by atoms with Crippen LogP contribution in [0.25, 0.3) is 0 Å². The van der Waals surface area contributed by atoms with E-state index in [-0.39, 0.29) is 10.6 Å². The molecular weight excluding hydrogens is 244 g/mol. The zero-order chi connectivity index (χ0) is 10.6. The second-order valence-corrected chi connectivity index (χ2v) is 4.07. The van der Waals surface area contributed by atoms with Crippen LogP contribution in [0.2, 0.25) is 0 Å². The SMILES string of the molecule is COC(C(C)=O)C(Br)c1ccccc1. The summed E-state index contributed by atoms with van der Waals surface area (Å²) in [6.45, 7) is 1.53. The van der Waals surface area contributed by atoms with Gasteiger partial charge in [-0.1, -0.05) is 46.3 Å². The van der Waals surface area contributed by atoms with E-state index in [1.165, 1.54) is 6.92 Å². The van der Waals surface area contributed by atoms with Crippen LogP contribution in [-0.4, -0.2) is 19.0 Å². The highest BCUT2D eigenvalue weighted by molar-refractivity contribution is 9.09. The Balaban J connectivity index is 2.83. The number of methoxy groups -OCH3 is 1. The maximum absolute atomic E-state index is 11.2. The van der Waals surface area contributed by atoms with Gasteiger partial charge in [0.05, 0.1) is 4.83 Å². The van der Waals surface area contributed by atoms with E-state index in [1.807, 2.05) is 30.3 Å². The van der Waals surface area contributed by atoms with E-state index in [9.17, 15) is 4.79 Å². The molecule has 14 heavy (non-hydrogen) atoms. The van der Waals surface area contributed by atoms with Crippen LogP contribution in [0.5, 0.6) is 0 Å². The van der Waals surface area contributed by atoms with Crippen LogP contribution in [-0.2, 0) is 9.53 Å². The highest BCUT2D eigenvalue weighted by Crippen LogP contribution is 2.28. The molecule has 0 aliphatic rings. The molecule has 0 spiro atoms. The van der Waals surface area contributed by atoms with E-state index >= 15 is 0 Å². The highest BCUT2D eigenvalue weighted by atomic mass is 79.9. The quantitative estimate of drug-likeness (QED) is 0.775. The van der Waals surface area contributed by atoms with Gasteiger partial charge in [0.25, 0.3) is 0 Å². The second-order valence-electron chi connectivity index (χ2n) is 3.08. The normalized spacial score (nSPS) is 14.8. The molecule has 0 amide bonds. The van der Waals surface area contributed by atoms with E-state index in [0.717, 1.165) is 5.56 Å². The van der Waals surface area contributed by atoms with Gasteiger partial charge < -0.3 is 4.74 Å². The Morgan fingerprint density at radius 2 is 1.93 bits per heavy atom. The van der Waals surface area contributed by atoms with Crippen molar-refractivity contribution in [2.75, 3.05) is 7.11 Å². The maximum Gasteiger partial charge on any atom is 0.159 e. The van der Waals surface area contributed by atoms with Crippen LogP contribution < -0.4 is 0 Å². The van der Waals surface area contributed by atoms with Crippen molar-refractivity contribution in [2.45, 2.75) is 17.9 Å². The molecule has 2 atom stereocenters. The van der Waals surface area contributed by atoms with E-state index in [0.29, 0.717) is 0 Å². The number of Topliss-reactive ketones (excluding diaryl/α,β-unsaturated/α-hetero) is 1. The monoisotopic (exact) mass is 256 g/mol. The number of alkyl halides is 1. The molecule has 1 rings (SSSR count). The summed E-state index contributed by atoms with van der Waals surface area (Å²) in [6.07, 6.45) is -0.419. The van der Waals surface area contributed by atoms with Crippen LogP contribution in [0, 0.1) is 0 Å². The first kappa shape index (κ1) is 11.4. The smallest absolute Gasteiger partial charge is 0.159 e. The Kier molecular flexibility index (Phi) is 4.29. The van der Waals surface area contributed by atoms with E-state index in [2.05, 4.69) is 15.9 Å². The Labute approximate surface area is 92.4 Å². The Bertz CT molecular complexity index is 297. The lowest BCUT2D eigenvalue weighted by atomic mass is 10.1. The lowest BCUT2D eigenvalue weighted by Crippen LogP contribution is -2.24. The lowest BCUT2D eigenvalue weighted by molar-refractivity contribution is -0.126. The zero-order valence-electron chi connectivity index (χ0n) is 8.24. The standard InChI is InChI=1S/C11H13BrO2/c1-8(13)11(14-2)10(12)9-6-4-3-5-7-9/h3-7,10-11H,1-2H3. The first-order chi connectivity index (χ1) is 6.66. The molecule has 0 saturated carbocycles. The summed E-state index contributed by atoms with van der Waals surface area (Å²) in [4.78, 5) is 11.2. The number of hydrogen-bond acceptors (Lipinski definition) is 2. The molecule has 3 heteroatoms. The molecule has 2 nitrogen and oxygen atoms in total. The van der Waals surface area contributed by atoms with Gasteiger partial charge in [-0.25, -0.2) is 0 Å². The van der Waals surface area contributed by atoms with Crippen molar-refractivity contribution in [3.63, 3.8) is 0 Å². The summed E-state index contributed by atoms with van der Waals surface area (Å²) in [5.41, 5.74) is 1.05. The summed E-state index contributed by atoms with van der Waals surface area (Å²) >= 11 is 3.47. The molecule has 0 radical (unpaired) electrons. The first-order valence-corrected chi connectivity index (χ1v) is 5.30. The van der Waals surface area contributed by atoms with Crippen molar-refractivity contribution < 1.29 is 9.53 Å². The van der Waals surface area contributed by atoms with Gasteiger partial charge in [0.15, 0.2) is 5.78 Å². The molecule has 1 aromatic carbocycles. The van der Waals surface area contributed by atoms with Crippen molar-refractivity contribution in [3.8, 4) is 0 Å². The highest BCUT2D eigenvalue weighted by Gasteiger charge is 2.23. The van der Waals surface area contributed by atoms with Crippen molar-refractivity contribution in [2.24, 2.45) is 0 Å². The molecule has 0 aliphatic carbocycles. The van der Waals surface area contributed by atoms with E-state index in [4.69, 9.17) is 4.74 Å². The van der Waals surface area contributed by atoms with Gasteiger partial charge in [-0.3, -0.25) is 4.79 Å². The number of hydrogen-bond donors (Lipinski definition) is 0. The number of carbonyl (C=O) groups is 1. The summed E-state index contributed by atoms with van der Waals surface area (Å²) < 4.78 is 5.13. The molecule has 0 bridgehead atoms. The number of rotatable bonds is 4. The molecule has 0 saturated heterocycles. The second kappa shape index (κ2) is 5.27. The molecular formula is C11H13BrO2. The Hall–Kier alpha value is -0.670. The van der Waals surface area contributed by atoms with Gasteiger partial charge in [-0.2, -0.15) is 0 Å². The molecule has 0 aromatic heterocycles. The van der Waals surface area contributed by atoms with Crippen LogP contribution in [0.3, 0.4) is 0 Å². The van der Waals surface area contributed by atoms with Crippen LogP contribution in [0.4, 0.5) is 0 Å². The minimum absolute atomic E-state index is 0.0261. The van der Waals surface area contributed by atoms with E-state index < -0.39 is 6.10 Å². The fraction of sp³-hybridized carbons (Fsp3) is 0.364. The first-order valence-electron chi connectivity index (χ1n) is 4.39. The van der Waals surface area contributed by atoms with Gasteiger partial charge in [-0.05, 0) is 12.5 Å². The number of halogens is 1. The fourth-order valence-corrected chi connectivity index (χ4v) is 2.20. The van der Waals surface area contributed by atoms with Crippen LogP contribution in [0.15, 0.2) is 30.3 Å². The molecule has 76 valence electrons. The molecule has 0 aliphatic heterocycles. The molecule has 0 N–H and O–H groups in total. The number of carbonyl (C=O) groups excluding carboxylic acids is 1. The van der Waals surface area contributed by atoms with Crippen molar-refractivity contribution in [1.82, 2.24) is 0 Å². The molecule has 0 heterocycles. The Morgan fingerprint density at radius 3 is 2.36 bits per heavy atom. The van der Waals surface area contributed by atoms with Gasteiger partial charge in [0.1, 0.15) is 6.10 Å². The molecule has 2 unspecified atom stereocenters. The van der Waals surface area contributed by atoms with Crippen molar-refractivity contribution in [3.05, 3.63) is 35.9 Å². The Morgan fingerprint density at radius 1 is 1.36 bits per heavy atom. The molecule has 0 fully saturated rings. The van der Waals surface area contributed by atoms with Crippen molar-refractivity contribution >= 4 is 21.7 Å². The third-order valence-corrected chi connectivity index (χ3v) is 3.05. The number of ether oxygens (including phenoxy) is 1. The third-order valence-electron chi connectivity index (χ3n) is 2.04. The van der Waals surface area contributed by atoms with Crippen LogP contribution in [0.1, 0.15) is 17.3 Å². The third kappa shape index (κ3) is 2.66. The largest absolute Gasteiger partial charge is 0.372 e. The van der Waals surface area contributed by atoms with Crippen molar-refractivity contribution in [1.29, 1.82) is 0 Å². The van der Waals surface area contributed by atoms with Gasteiger partial charge >= 0.3 is 0 Å². The summed E-state index contributed by atoms with van der Waals surface area (Å²) in [5.74, 6) is 0.0261. The fourth-order valence-electron chi connectivity index (χ4n) is 1.30. The van der Waals surface area contributed by atoms with Gasteiger partial charge in [0.2, 0.25) is 0 Å². The average molecular weight is 257 g/mol.